The lowest BCUT2D eigenvalue weighted by Gasteiger charge is -2.26. The standard InChI is InChI=1S/C27H23FN2O5S/c1-15(2)34-19-8-6-18(7-9-19)27(32)20(12-16-4-11-24(33-3)21(28)13-16)25(26(31)35-27)17-5-10-22-23(14-17)30-36-29-22/h4-11,13-15,32H,12H2,1-3H3. The minimum Gasteiger partial charge on any atom is -0.494 e. The Hall–Kier alpha value is -3.82. The number of hydrogen-bond donors (Lipinski definition) is 1. The van der Waals surface area contributed by atoms with E-state index in [2.05, 4.69) is 8.75 Å². The van der Waals surface area contributed by atoms with Crippen molar-refractivity contribution in [3.05, 3.63) is 88.7 Å². The second kappa shape index (κ2) is 9.33. The van der Waals surface area contributed by atoms with Gasteiger partial charge in [0.05, 0.1) is 30.5 Å². The second-order valence-corrected chi connectivity index (χ2v) is 9.22. The first-order valence-corrected chi connectivity index (χ1v) is 12.0. The maximum absolute atomic E-state index is 14.5. The van der Waals surface area contributed by atoms with Crippen molar-refractivity contribution in [2.75, 3.05) is 7.11 Å². The van der Waals surface area contributed by atoms with E-state index in [1.54, 1.807) is 48.5 Å². The van der Waals surface area contributed by atoms with Gasteiger partial charge in [-0.15, -0.1) is 0 Å². The van der Waals surface area contributed by atoms with Crippen LogP contribution < -0.4 is 9.47 Å². The first-order chi connectivity index (χ1) is 17.3. The molecule has 0 aliphatic carbocycles. The highest BCUT2D eigenvalue weighted by atomic mass is 32.1. The van der Waals surface area contributed by atoms with E-state index in [1.165, 1.54) is 19.2 Å². The largest absolute Gasteiger partial charge is 0.494 e. The minimum atomic E-state index is -2.06. The molecule has 184 valence electrons. The van der Waals surface area contributed by atoms with Crippen LogP contribution in [-0.2, 0) is 21.7 Å². The number of carbonyl (C=O) groups excluding carboxylic acids is 1. The van der Waals surface area contributed by atoms with Crippen molar-refractivity contribution in [1.82, 2.24) is 8.75 Å². The third-order valence-electron chi connectivity index (χ3n) is 5.91. The first-order valence-electron chi connectivity index (χ1n) is 11.3. The van der Waals surface area contributed by atoms with Crippen LogP contribution in [0.1, 0.15) is 30.5 Å². The molecular formula is C27H23FN2O5S. The summed E-state index contributed by atoms with van der Waals surface area (Å²) in [5, 5.41) is 11.8. The number of halogens is 1. The van der Waals surface area contributed by atoms with Gasteiger partial charge in [0.1, 0.15) is 16.8 Å². The van der Waals surface area contributed by atoms with E-state index in [-0.39, 0.29) is 29.4 Å². The van der Waals surface area contributed by atoms with Gasteiger partial charge < -0.3 is 19.3 Å². The summed E-state index contributed by atoms with van der Waals surface area (Å²) in [6, 6.07) is 16.4. The number of aromatic nitrogens is 2. The number of methoxy groups -OCH3 is 1. The Morgan fingerprint density at radius 2 is 1.81 bits per heavy atom. The van der Waals surface area contributed by atoms with Crippen molar-refractivity contribution in [3.8, 4) is 11.5 Å². The fourth-order valence-electron chi connectivity index (χ4n) is 4.27. The fourth-order valence-corrected chi connectivity index (χ4v) is 4.78. The molecule has 0 spiro atoms. The topological polar surface area (TPSA) is 90.8 Å². The molecule has 2 heterocycles. The van der Waals surface area contributed by atoms with Crippen LogP contribution in [0.5, 0.6) is 11.5 Å². The highest BCUT2D eigenvalue weighted by Gasteiger charge is 2.48. The van der Waals surface area contributed by atoms with E-state index in [4.69, 9.17) is 14.2 Å². The van der Waals surface area contributed by atoms with E-state index < -0.39 is 17.6 Å². The maximum Gasteiger partial charge on any atom is 0.342 e. The van der Waals surface area contributed by atoms with Gasteiger partial charge in [-0.05, 0) is 73.5 Å². The monoisotopic (exact) mass is 506 g/mol. The van der Waals surface area contributed by atoms with Crippen molar-refractivity contribution in [2.45, 2.75) is 32.2 Å². The number of aliphatic hydroxyl groups is 1. The van der Waals surface area contributed by atoms with Crippen molar-refractivity contribution >= 4 is 34.3 Å². The van der Waals surface area contributed by atoms with Gasteiger partial charge in [-0.3, -0.25) is 0 Å². The molecule has 3 aromatic carbocycles. The molecule has 9 heteroatoms. The number of nitrogens with zero attached hydrogens (tertiary/aromatic N) is 2. The summed E-state index contributed by atoms with van der Waals surface area (Å²) in [5.74, 6) is -2.58. The Bertz CT molecular complexity index is 1480. The average molecular weight is 507 g/mol. The zero-order valence-electron chi connectivity index (χ0n) is 19.8. The van der Waals surface area contributed by atoms with E-state index >= 15 is 0 Å². The van der Waals surface area contributed by atoms with Crippen molar-refractivity contribution in [2.24, 2.45) is 0 Å². The summed E-state index contributed by atoms with van der Waals surface area (Å²) in [6.45, 7) is 3.83. The summed E-state index contributed by atoms with van der Waals surface area (Å²) >= 11 is 1.07. The molecule has 7 nitrogen and oxygen atoms in total. The second-order valence-electron chi connectivity index (χ2n) is 8.69. The highest BCUT2D eigenvalue weighted by molar-refractivity contribution is 7.00. The number of ether oxygens (including phenoxy) is 3. The molecule has 1 atom stereocenters. The lowest BCUT2D eigenvalue weighted by Crippen LogP contribution is -2.29. The lowest BCUT2D eigenvalue weighted by atomic mass is 9.88. The van der Waals surface area contributed by atoms with Crippen LogP contribution in [0.4, 0.5) is 4.39 Å². The van der Waals surface area contributed by atoms with Crippen molar-refractivity contribution < 1.29 is 28.5 Å². The van der Waals surface area contributed by atoms with Crippen LogP contribution in [0, 0.1) is 5.82 Å². The number of benzene rings is 3. The van der Waals surface area contributed by atoms with Crippen molar-refractivity contribution in [3.63, 3.8) is 0 Å². The molecule has 0 amide bonds. The molecule has 1 unspecified atom stereocenters. The van der Waals surface area contributed by atoms with Crippen LogP contribution in [-0.4, -0.2) is 33.0 Å². The fraction of sp³-hybridized carbons (Fsp3) is 0.222. The molecule has 0 fully saturated rings. The van der Waals surface area contributed by atoms with E-state index in [0.29, 0.717) is 33.5 Å². The van der Waals surface area contributed by atoms with E-state index in [9.17, 15) is 14.3 Å². The minimum absolute atomic E-state index is 0.0228. The number of fused-ring (bicyclic) bond motifs is 1. The zero-order chi connectivity index (χ0) is 25.4. The van der Waals surface area contributed by atoms with Crippen molar-refractivity contribution in [1.29, 1.82) is 0 Å². The SMILES string of the molecule is COc1ccc(CC2=C(c3ccc4nsnc4c3)C(=O)OC2(O)c2ccc(OC(C)C)cc2)cc1F. The van der Waals surface area contributed by atoms with Gasteiger partial charge in [0, 0.05) is 17.6 Å². The molecule has 1 aliphatic rings. The van der Waals surface area contributed by atoms with Gasteiger partial charge in [-0.1, -0.05) is 12.1 Å². The maximum atomic E-state index is 14.5. The lowest BCUT2D eigenvalue weighted by molar-refractivity contribution is -0.185. The third-order valence-corrected chi connectivity index (χ3v) is 6.47. The van der Waals surface area contributed by atoms with Gasteiger partial charge in [0.15, 0.2) is 11.6 Å². The number of esters is 1. The number of hydrogen-bond acceptors (Lipinski definition) is 8. The van der Waals surface area contributed by atoms with Gasteiger partial charge in [0.25, 0.3) is 5.79 Å². The Balaban J connectivity index is 1.64. The Labute approximate surface area is 211 Å². The molecule has 0 saturated heterocycles. The Morgan fingerprint density at radius 3 is 2.50 bits per heavy atom. The predicted molar refractivity (Wildman–Crippen MR) is 133 cm³/mol. The van der Waals surface area contributed by atoms with Gasteiger partial charge in [0.2, 0.25) is 0 Å². The number of carbonyl (C=O) groups is 1. The van der Waals surface area contributed by atoms with Crippen LogP contribution in [0.15, 0.2) is 66.2 Å². The Kier molecular flexibility index (Phi) is 6.19. The average Bonchev–Trinajstić information content (AvgIpc) is 3.41. The summed E-state index contributed by atoms with van der Waals surface area (Å²) in [7, 11) is 1.39. The summed E-state index contributed by atoms with van der Waals surface area (Å²) in [4.78, 5) is 13.2. The molecule has 5 rings (SSSR count). The van der Waals surface area contributed by atoms with Crippen LogP contribution >= 0.6 is 11.7 Å². The van der Waals surface area contributed by atoms with Gasteiger partial charge in [-0.2, -0.15) is 8.75 Å². The number of rotatable bonds is 7. The molecular weight excluding hydrogens is 483 g/mol. The third kappa shape index (κ3) is 4.31. The predicted octanol–water partition coefficient (Wildman–Crippen LogP) is 5.02. The molecule has 36 heavy (non-hydrogen) atoms. The normalized spacial score (nSPS) is 17.7. The van der Waals surface area contributed by atoms with Crippen LogP contribution in [0.25, 0.3) is 16.6 Å². The Morgan fingerprint density at radius 1 is 1.06 bits per heavy atom. The summed E-state index contributed by atoms with van der Waals surface area (Å²) in [5.41, 5.74) is 3.22. The van der Waals surface area contributed by atoms with Crippen LogP contribution in [0.2, 0.25) is 0 Å². The van der Waals surface area contributed by atoms with Crippen LogP contribution in [0.3, 0.4) is 0 Å². The van der Waals surface area contributed by atoms with E-state index in [1.807, 2.05) is 13.8 Å². The smallest absolute Gasteiger partial charge is 0.342 e. The summed E-state index contributed by atoms with van der Waals surface area (Å²) < 4.78 is 39.3. The molecule has 4 aromatic rings. The summed E-state index contributed by atoms with van der Waals surface area (Å²) in [6.07, 6.45) is 0.0289. The quantitative estimate of drug-likeness (QED) is 0.352. The first kappa shape index (κ1) is 23.9. The highest BCUT2D eigenvalue weighted by Crippen LogP contribution is 2.45. The molecule has 1 aromatic heterocycles. The molecule has 1 N–H and O–H groups in total. The number of cyclic esters (lactones) is 1. The zero-order valence-corrected chi connectivity index (χ0v) is 20.6. The molecule has 0 bridgehead atoms. The van der Waals surface area contributed by atoms with Gasteiger partial charge in [-0.25, -0.2) is 9.18 Å². The molecule has 0 saturated carbocycles. The van der Waals surface area contributed by atoms with E-state index in [0.717, 1.165) is 11.7 Å². The molecule has 0 radical (unpaired) electrons. The van der Waals surface area contributed by atoms with Gasteiger partial charge >= 0.3 is 5.97 Å². The molecule has 1 aliphatic heterocycles.